The first kappa shape index (κ1) is 17.8. The number of nitrogens with one attached hydrogen (secondary N) is 2. The standard InChI is InChI=1S/C14H18N2O5S/c1-21-11-4-2-10(3-5-11)16-13(18)9-22-8-12(17)15-7-6-14(19)20/h2-5H,6-9H2,1H3,(H,15,17)(H,16,18)(H,19,20). The van der Waals surface area contributed by atoms with Gasteiger partial charge in [0.15, 0.2) is 0 Å². The normalized spacial score (nSPS) is 9.86. The fourth-order valence-corrected chi connectivity index (χ4v) is 2.11. The summed E-state index contributed by atoms with van der Waals surface area (Å²) in [5, 5.41) is 13.6. The molecule has 0 fully saturated rings. The van der Waals surface area contributed by atoms with Gasteiger partial charge in [-0.1, -0.05) is 0 Å². The maximum Gasteiger partial charge on any atom is 0.305 e. The number of amides is 2. The summed E-state index contributed by atoms with van der Waals surface area (Å²) in [7, 11) is 1.56. The molecule has 0 unspecified atom stereocenters. The molecule has 0 aliphatic rings. The van der Waals surface area contributed by atoms with Crippen molar-refractivity contribution in [1.82, 2.24) is 5.32 Å². The summed E-state index contributed by atoms with van der Waals surface area (Å²) in [6.45, 7) is 0.0901. The molecule has 1 aromatic rings. The Kier molecular flexibility index (Phi) is 7.84. The quantitative estimate of drug-likeness (QED) is 0.624. The van der Waals surface area contributed by atoms with Gasteiger partial charge in [0, 0.05) is 12.2 Å². The number of thioether (sulfide) groups is 1. The molecule has 8 heteroatoms. The predicted octanol–water partition coefficient (Wildman–Crippen LogP) is 0.958. The van der Waals surface area contributed by atoms with Crippen molar-refractivity contribution in [3.63, 3.8) is 0 Å². The van der Waals surface area contributed by atoms with E-state index in [-0.39, 0.29) is 36.3 Å². The summed E-state index contributed by atoms with van der Waals surface area (Å²) in [5.41, 5.74) is 0.650. The van der Waals surface area contributed by atoms with Gasteiger partial charge in [-0.3, -0.25) is 14.4 Å². The molecular formula is C14H18N2O5S. The number of carboxylic acids is 1. The highest BCUT2D eigenvalue weighted by atomic mass is 32.2. The SMILES string of the molecule is COc1ccc(NC(=O)CSCC(=O)NCCC(=O)O)cc1. The highest BCUT2D eigenvalue weighted by Crippen LogP contribution is 2.15. The average Bonchev–Trinajstić information content (AvgIpc) is 2.47. The van der Waals surface area contributed by atoms with Crippen LogP contribution in [-0.4, -0.2) is 48.1 Å². The third kappa shape index (κ3) is 7.53. The van der Waals surface area contributed by atoms with Crippen LogP contribution in [0.4, 0.5) is 5.69 Å². The number of aliphatic carboxylic acids is 1. The van der Waals surface area contributed by atoms with Crippen molar-refractivity contribution in [3.05, 3.63) is 24.3 Å². The lowest BCUT2D eigenvalue weighted by atomic mass is 10.3. The van der Waals surface area contributed by atoms with Crippen molar-refractivity contribution in [3.8, 4) is 5.75 Å². The van der Waals surface area contributed by atoms with E-state index in [1.807, 2.05) is 0 Å². The first-order valence-electron chi connectivity index (χ1n) is 6.51. The molecule has 22 heavy (non-hydrogen) atoms. The Hall–Kier alpha value is -2.22. The van der Waals surface area contributed by atoms with Crippen molar-refractivity contribution in [2.75, 3.05) is 30.5 Å². The molecule has 2 amide bonds. The van der Waals surface area contributed by atoms with E-state index in [4.69, 9.17) is 9.84 Å². The summed E-state index contributed by atoms with van der Waals surface area (Å²) < 4.78 is 5.01. The van der Waals surface area contributed by atoms with Crippen LogP contribution in [0, 0.1) is 0 Å². The van der Waals surface area contributed by atoms with Crippen molar-refractivity contribution in [1.29, 1.82) is 0 Å². The van der Waals surface area contributed by atoms with Crippen LogP contribution in [0.25, 0.3) is 0 Å². The van der Waals surface area contributed by atoms with Crippen molar-refractivity contribution in [2.45, 2.75) is 6.42 Å². The first-order valence-corrected chi connectivity index (χ1v) is 7.67. The van der Waals surface area contributed by atoms with E-state index < -0.39 is 5.97 Å². The average molecular weight is 326 g/mol. The second-order valence-corrected chi connectivity index (χ2v) is 5.25. The highest BCUT2D eigenvalue weighted by molar-refractivity contribution is 8.00. The van der Waals surface area contributed by atoms with Crippen LogP contribution in [0.15, 0.2) is 24.3 Å². The zero-order valence-electron chi connectivity index (χ0n) is 12.1. The van der Waals surface area contributed by atoms with Gasteiger partial charge in [-0.2, -0.15) is 0 Å². The molecule has 0 aromatic heterocycles. The smallest absolute Gasteiger partial charge is 0.305 e. The molecule has 0 spiro atoms. The Morgan fingerprint density at radius 1 is 1.14 bits per heavy atom. The number of anilines is 1. The van der Waals surface area contributed by atoms with E-state index >= 15 is 0 Å². The molecule has 1 aromatic carbocycles. The van der Waals surface area contributed by atoms with Crippen LogP contribution in [0.2, 0.25) is 0 Å². The van der Waals surface area contributed by atoms with Gasteiger partial charge in [0.25, 0.3) is 0 Å². The molecule has 7 nitrogen and oxygen atoms in total. The molecule has 0 heterocycles. The molecule has 0 bridgehead atoms. The van der Waals surface area contributed by atoms with Gasteiger partial charge in [0.05, 0.1) is 25.0 Å². The lowest BCUT2D eigenvalue weighted by Gasteiger charge is -2.06. The van der Waals surface area contributed by atoms with E-state index in [1.54, 1.807) is 31.4 Å². The zero-order valence-corrected chi connectivity index (χ0v) is 12.9. The summed E-state index contributed by atoms with van der Waals surface area (Å²) in [6.07, 6.45) is -0.117. The van der Waals surface area contributed by atoms with E-state index in [0.29, 0.717) is 11.4 Å². The fraction of sp³-hybridized carbons (Fsp3) is 0.357. The minimum Gasteiger partial charge on any atom is -0.497 e. The lowest BCUT2D eigenvalue weighted by Crippen LogP contribution is -2.28. The van der Waals surface area contributed by atoms with Crippen LogP contribution >= 0.6 is 11.8 Å². The summed E-state index contributed by atoms with van der Waals surface area (Å²) in [4.78, 5) is 33.3. The summed E-state index contributed by atoms with van der Waals surface area (Å²) >= 11 is 1.16. The molecule has 0 saturated carbocycles. The van der Waals surface area contributed by atoms with Crippen LogP contribution in [0.3, 0.4) is 0 Å². The van der Waals surface area contributed by atoms with E-state index in [9.17, 15) is 14.4 Å². The van der Waals surface area contributed by atoms with Crippen molar-refractivity contribution in [2.24, 2.45) is 0 Å². The number of methoxy groups -OCH3 is 1. The summed E-state index contributed by atoms with van der Waals surface area (Å²) in [6, 6.07) is 6.91. The van der Waals surface area contributed by atoms with Gasteiger partial charge in [0.1, 0.15) is 5.75 Å². The van der Waals surface area contributed by atoms with Crippen molar-refractivity contribution >= 4 is 35.2 Å². The number of benzene rings is 1. The molecule has 120 valence electrons. The minimum absolute atomic E-state index is 0.0901. The second-order valence-electron chi connectivity index (χ2n) is 4.26. The highest BCUT2D eigenvalue weighted by Gasteiger charge is 2.06. The molecular weight excluding hydrogens is 308 g/mol. The molecule has 0 radical (unpaired) electrons. The number of ether oxygens (including phenoxy) is 1. The van der Waals surface area contributed by atoms with Gasteiger partial charge >= 0.3 is 5.97 Å². The number of carbonyl (C=O) groups is 3. The molecule has 3 N–H and O–H groups in total. The van der Waals surface area contributed by atoms with Gasteiger partial charge in [0.2, 0.25) is 11.8 Å². The van der Waals surface area contributed by atoms with E-state index in [1.165, 1.54) is 0 Å². The van der Waals surface area contributed by atoms with E-state index in [0.717, 1.165) is 11.8 Å². The minimum atomic E-state index is -0.966. The maximum absolute atomic E-state index is 11.7. The van der Waals surface area contributed by atoms with Gasteiger partial charge in [-0.25, -0.2) is 0 Å². The van der Waals surface area contributed by atoms with Crippen molar-refractivity contribution < 1.29 is 24.2 Å². The predicted molar refractivity (Wildman–Crippen MR) is 84.2 cm³/mol. The Labute approximate surface area is 132 Å². The fourth-order valence-electron chi connectivity index (χ4n) is 1.47. The number of hydrogen-bond donors (Lipinski definition) is 3. The summed E-state index contributed by atoms with van der Waals surface area (Å²) in [5.74, 6) is -0.525. The van der Waals surface area contributed by atoms with Crippen LogP contribution in [0.1, 0.15) is 6.42 Å². The third-order valence-electron chi connectivity index (χ3n) is 2.50. The Bertz CT molecular complexity index is 518. The van der Waals surface area contributed by atoms with Crippen LogP contribution < -0.4 is 15.4 Å². The van der Waals surface area contributed by atoms with Crippen LogP contribution in [-0.2, 0) is 14.4 Å². The van der Waals surface area contributed by atoms with Gasteiger partial charge in [-0.15, -0.1) is 11.8 Å². The Morgan fingerprint density at radius 3 is 2.36 bits per heavy atom. The largest absolute Gasteiger partial charge is 0.497 e. The number of carboxylic acid groups (broad SMARTS) is 1. The van der Waals surface area contributed by atoms with E-state index in [2.05, 4.69) is 10.6 Å². The molecule has 1 rings (SSSR count). The zero-order chi connectivity index (χ0) is 16.4. The molecule has 0 aliphatic heterocycles. The third-order valence-corrected chi connectivity index (χ3v) is 3.43. The second kappa shape index (κ2) is 9.67. The van der Waals surface area contributed by atoms with Gasteiger partial charge < -0.3 is 20.5 Å². The number of hydrogen-bond acceptors (Lipinski definition) is 5. The first-order chi connectivity index (χ1) is 10.5. The number of carbonyl (C=O) groups excluding carboxylic acids is 2. The maximum atomic E-state index is 11.7. The monoisotopic (exact) mass is 326 g/mol. The van der Waals surface area contributed by atoms with Crippen LogP contribution in [0.5, 0.6) is 5.75 Å². The number of rotatable bonds is 9. The Balaban J connectivity index is 2.19. The topological polar surface area (TPSA) is 105 Å². The lowest BCUT2D eigenvalue weighted by molar-refractivity contribution is -0.136. The Morgan fingerprint density at radius 2 is 1.77 bits per heavy atom. The molecule has 0 saturated heterocycles. The molecule has 0 aliphatic carbocycles. The molecule has 0 atom stereocenters. The van der Waals surface area contributed by atoms with Gasteiger partial charge in [-0.05, 0) is 24.3 Å².